The van der Waals surface area contributed by atoms with Crippen LogP contribution >= 0.6 is 24.8 Å². The lowest BCUT2D eigenvalue weighted by Crippen LogP contribution is -2.41. The van der Waals surface area contributed by atoms with Crippen LogP contribution in [0.2, 0.25) is 0 Å². The van der Waals surface area contributed by atoms with Gasteiger partial charge in [0, 0.05) is 32.6 Å². The molecule has 1 saturated heterocycles. The van der Waals surface area contributed by atoms with Gasteiger partial charge in [-0.15, -0.1) is 24.8 Å². The van der Waals surface area contributed by atoms with Gasteiger partial charge in [-0.2, -0.15) is 0 Å². The fourth-order valence-corrected chi connectivity index (χ4v) is 1.69. The molecule has 2 N–H and O–H groups in total. The molecule has 18 heavy (non-hydrogen) atoms. The first-order valence-corrected chi connectivity index (χ1v) is 6.04. The summed E-state index contributed by atoms with van der Waals surface area (Å²) in [5.74, 6) is 0.156. The first-order valence-electron chi connectivity index (χ1n) is 6.04. The predicted octanol–water partition coefficient (Wildman–Crippen LogP) is 0.278. The Balaban J connectivity index is 0. The molecule has 0 spiro atoms. The monoisotopic (exact) mass is 301 g/mol. The minimum Gasteiger partial charge on any atom is -0.379 e. The largest absolute Gasteiger partial charge is 0.379 e. The van der Waals surface area contributed by atoms with Crippen molar-refractivity contribution in [1.82, 2.24) is 15.5 Å². The zero-order valence-electron chi connectivity index (χ0n) is 10.9. The molecule has 0 aliphatic carbocycles. The lowest BCUT2D eigenvalue weighted by atomic mass is 10.3. The van der Waals surface area contributed by atoms with E-state index in [9.17, 15) is 4.79 Å². The highest BCUT2D eigenvalue weighted by atomic mass is 35.5. The van der Waals surface area contributed by atoms with Crippen molar-refractivity contribution in [3.63, 3.8) is 0 Å². The SMILES string of the molecule is CNCCCC(=O)NCCN1CCOCC1.Cl.Cl. The van der Waals surface area contributed by atoms with Gasteiger partial charge >= 0.3 is 0 Å². The molecule has 110 valence electrons. The van der Waals surface area contributed by atoms with Crippen molar-refractivity contribution >= 4 is 30.7 Å². The topological polar surface area (TPSA) is 53.6 Å². The summed E-state index contributed by atoms with van der Waals surface area (Å²) in [4.78, 5) is 13.7. The van der Waals surface area contributed by atoms with Gasteiger partial charge in [0.15, 0.2) is 0 Å². The summed E-state index contributed by atoms with van der Waals surface area (Å²) in [7, 11) is 1.90. The smallest absolute Gasteiger partial charge is 0.220 e. The van der Waals surface area contributed by atoms with Gasteiger partial charge in [-0.05, 0) is 20.0 Å². The number of hydrogen-bond donors (Lipinski definition) is 2. The molecular formula is C11H25Cl2N3O2. The van der Waals surface area contributed by atoms with Crippen LogP contribution in [0.4, 0.5) is 0 Å². The van der Waals surface area contributed by atoms with Gasteiger partial charge in [-0.3, -0.25) is 9.69 Å². The predicted molar refractivity (Wildman–Crippen MR) is 77.9 cm³/mol. The highest BCUT2D eigenvalue weighted by molar-refractivity contribution is 5.85. The van der Waals surface area contributed by atoms with E-state index in [1.54, 1.807) is 0 Å². The quantitative estimate of drug-likeness (QED) is 0.663. The third-order valence-corrected chi connectivity index (χ3v) is 2.68. The molecule has 7 heteroatoms. The molecule has 0 bridgehead atoms. The lowest BCUT2D eigenvalue weighted by Gasteiger charge is -2.26. The van der Waals surface area contributed by atoms with Crippen molar-refractivity contribution in [1.29, 1.82) is 0 Å². The van der Waals surface area contributed by atoms with Gasteiger partial charge in [0.1, 0.15) is 0 Å². The normalized spacial score (nSPS) is 15.4. The van der Waals surface area contributed by atoms with E-state index >= 15 is 0 Å². The highest BCUT2D eigenvalue weighted by Crippen LogP contribution is 1.95. The average Bonchev–Trinajstić information content (AvgIpc) is 2.31. The second-order valence-electron chi connectivity index (χ2n) is 4.01. The molecule has 1 aliphatic heterocycles. The Kier molecular flexibility index (Phi) is 15.0. The fourth-order valence-electron chi connectivity index (χ4n) is 1.69. The van der Waals surface area contributed by atoms with Gasteiger partial charge in [-0.25, -0.2) is 0 Å². The van der Waals surface area contributed by atoms with Crippen LogP contribution in [0.3, 0.4) is 0 Å². The van der Waals surface area contributed by atoms with Crippen molar-refractivity contribution in [2.75, 3.05) is 53.0 Å². The molecule has 0 atom stereocenters. The summed E-state index contributed by atoms with van der Waals surface area (Å²) >= 11 is 0. The van der Waals surface area contributed by atoms with Crippen LogP contribution in [-0.4, -0.2) is 63.8 Å². The second-order valence-corrected chi connectivity index (χ2v) is 4.01. The molecule has 1 amide bonds. The molecule has 0 saturated carbocycles. The molecule has 1 heterocycles. The van der Waals surface area contributed by atoms with E-state index < -0.39 is 0 Å². The molecule has 0 unspecified atom stereocenters. The van der Waals surface area contributed by atoms with Gasteiger partial charge in [0.2, 0.25) is 5.91 Å². The Morgan fingerprint density at radius 3 is 2.50 bits per heavy atom. The Morgan fingerprint density at radius 2 is 1.89 bits per heavy atom. The first-order chi connectivity index (χ1) is 7.83. The molecule has 1 fully saturated rings. The molecular weight excluding hydrogens is 277 g/mol. The number of nitrogens with zero attached hydrogens (tertiary/aromatic N) is 1. The Labute approximate surface area is 122 Å². The summed E-state index contributed by atoms with van der Waals surface area (Å²) in [6.45, 7) is 6.17. The van der Waals surface area contributed by atoms with E-state index in [1.807, 2.05) is 7.05 Å². The summed E-state index contributed by atoms with van der Waals surface area (Å²) in [5.41, 5.74) is 0. The van der Waals surface area contributed by atoms with Crippen molar-refractivity contribution in [3.8, 4) is 0 Å². The van der Waals surface area contributed by atoms with Gasteiger partial charge in [0.25, 0.3) is 0 Å². The van der Waals surface area contributed by atoms with E-state index in [4.69, 9.17) is 4.74 Å². The van der Waals surface area contributed by atoms with E-state index in [2.05, 4.69) is 15.5 Å². The second kappa shape index (κ2) is 13.4. The van der Waals surface area contributed by atoms with Crippen LogP contribution in [0.15, 0.2) is 0 Å². The third kappa shape index (κ3) is 9.91. The van der Waals surface area contributed by atoms with E-state index in [-0.39, 0.29) is 30.7 Å². The average molecular weight is 302 g/mol. The fraction of sp³-hybridized carbons (Fsp3) is 0.909. The van der Waals surface area contributed by atoms with Crippen LogP contribution in [0, 0.1) is 0 Å². The third-order valence-electron chi connectivity index (χ3n) is 2.68. The van der Waals surface area contributed by atoms with E-state index in [0.29, 0.717) is 6.42 Å². The molecule has 0 aromatic carbocycles. The number of ether oxygens (including phenoxy) is 1. The van der Waals surface area contributed by atoms with Crippen molar-refractivity contribution in [2.45, 2.75) is 12.8 Å². The van der Waals surface area contributed by atoms with Crippen molar-refractivity contribution in [2.24, 2.45) is 0 Å². The Morgan fingerprint density at radius 1 is 1.22 bits per heavy atom. The summed E-state index contributed by atoms with van der Waals surface area (Å²) in [6, 6.07) is 0. The highest BCUT2D eigenvalue weighted by Gasteiger charge is 2.09. The zero-order chi connectivity index (χ0) is 11.6. The summed E-state index contributed by atoms with van der Waals surface area (Å²) in [6.07, 6.45) is 1.52. The molecule has 1 aliphatic rings. The van der Waals surface area contributed by atoms with E-state index in [0.717, 1.165) is 52.4 Å². The number of halogens is 2. The minimum absolute atomic E-state index is 0. The van der Waals surface area contributed by atoms with Crippen LogP contribution in [0.25, 0.3) is 0 Å². The van der Waals surface area contributed by atoms with Gasteiger partial charge < -0.3 is 15.4 Å². The summed E-state index contributed by atoms with van der Waals surface area (Å²) in [5, 5.41) is 5.97. The lowest BCUT2D eigenvalue weighted by molar-refractivity contribution is -0.121. The minimum atomic E-state index is 0. The molecule has 0 aromatic rings. The van der Waals surface area contributed by atoms with Gasteiger partial charge in [0.05, 0.1) is 13.2 Å². The standard InChI is InChI=1S/C11H23N3O2.2ClH/c1-12-4-2-3-11(15)13-5-6-14-7-9-16-10-8-14;;/h12H,2-10H2,1H3,(H,13,15);2*1H. The number of morpholine rings is 1. The molecule has 1 rings (SSSR count). The number of hydrogen-bond acceptors (Lipinski definition) is 4. The maximum Gasteiger partial charge on any atom is 0.220 e. The maximum absolute atomic E-state index is 11.4. The number of carbonyl (C=O) groups excluding carboxylic acids is 1. The van der Waals surface area contributed by atoms with E-state index in [1.165, 1.54) is 0 Å². The molecule has 0 aromatic heterocycles. The zero-order valence-corrected chi connectivity index (χ0v) is 12.6. The molecule has 5 nitrogen and oxygen atoms in total. The number of rotatable bonds is 7. The summed E-state index contributed by atoms with van der Waals surface area (Å²) < 4.78 is 5.26. The van der Waals surface area contributed by atoms with Crippen LogP contribution in [-0.2, 0) is 9.53 Å². The van der Waals surface area contributed by atoms with Crippen LogP contribution < -0.4 is 10.6 Å². The number of nitrogens with one attached hydrogen (secondary N) is 2. The number of amides is 1. The Bertz CT molecular complexity index is 203. The Hall–Kier alpha value is -0.0700. The van der Waals surface area contributed by atoms with Crippen molar-refractivity contribution < 1.29 is 9.53 Å². The maximum atomic E-state index is 11.4. The number of carbonyl (C=O) groups is 1. The van der Waals surface area contributed by atoms with Crippen LogP contribution in [0.1, 0.15) is 12.8 Å². The van der Waals surface area contributed by atoms with Gasteiger partial charge in [-0.1, -0.05) is 0 Å². The van der Waals surface area contributed by atoms with Crippen molar-refractivity contribution in [3.05, 3.63) is 0 Å². The van der Waals surface area contributed by atoms with Crippen LogP contribution in [0.5, 0.6) is 0 Å². The first kappa shape index (κ1) is 20.3. The molecule has 0 radical (unpaired) electrons.